The van der Waals surface area contributed by atoms with E-state index in [-0.39, 0.29) is 5.75 Å². The number of benzene rings is 1. The standard InChI is InChI=1S/C14H11NO3S2/c16-12-5-10(18-6-13(12)17)8-20-14-15-11-4-2-1-3-9(11)7-19-14/h1-6,17H,7-8H2. The Kier molecular flexibility index (Phi) is 3.84. The molecule has 1 aromatic heterocycles. The van der Waals surface area contributed by atoms with Crippen molar-refractivity contribution in [2.45, 2.75) is 11.5 Å². The van der Waals surface area contributed by atoms with E-state index in [1.165, 1.54) is 23.4 Å². The molecule has 0 atom stereocenters. The van der Waals surface area contributed by atoms with Crippen LogP contribution < -0.4 is 5.43 Å². The maximum atomic E-state index is 11.3. The number of hydrogen-bond donors (Lipinski definition) is 1. The first-order chi connectivity index (χ1) is 9.72. The molecule has 3 rings (SSSR count). The van der Waals surface area contributed by atoms with Crippen molar-refractivity contribution in [1.29, 1.82) is 0 Å². The van der Waals surface area contributed by atoms with Crippen molar-refractivity contribution in [2.75, 3.05) is 0 Å². The summed E-state index contributed by atoms with van der Waals surface area (Å²) in [6.45, 7) is 0. The number of aromatic hydroxyl groups is 1. The normalized spacial score (nSPS) is 13.7. The molecule has 2 aromatic rings. The smallest absolute Gasteiger partial charge is 0.226 e. The molecule has 102 valence electrons. The van der Waals surface area contributed by atoms with Gasteiger partial charge in [0.2, 0.25) is 5.43 Å². The van der Waals surface area contributed by atoms with E-state index in [0.29, 0.717) is 11.5 Å². The van der Waals surface area contributed by atoms with Crippen LogP contribution in [0.5, 0.6) is 5.75 Å². The number of hydrogen-bond acceptors (Lipinski definition) is 6. The van der Waals surface area contributed by atoms with Crippen molar-refractivity contribution < 1.29 is 9.52 Å². The second kappa shape index (κ2) is 5.76. The highest BCUT2D eigenvalue weighted by molar-refractivity contribution is 8.38. The minimum atomic E-state index is -0.421. The van der Waals surface area contributed by atoms with Gasteiger partial charge in [0.1, 0.15) is 16.4 Å². The van der Waals surface area contributed by atoms with Crippen molar-refractivity contribution in [2.24, 2.45) is 4.99 Å². The molecule has 0 aliphatic carbocycles. The summed E-state index contributed by atoms with van der Waals surface area (Å²) in [4.78, 5) is 15.9. The Labute approximate surface area is 123 Å². The topological polar surface area (TPSA) is 62.8 Å². The largest absolute Gasteiger partial charge is 0.502 e. The van der Waals surface area contributed by atoms with Crippen LogP contribution in [0, 0.1) is 0 Å². The molecule has 6 heteroatoms. The van der Waals surface area contributed by atoms with Gasteiger partial charge < -0.3 is 9.52 Å². The van der Waals surface area contributed by atoms with E-state index in [4.69, 9.17) is 9.52 Å². The van der Waals surface area contributed by atoms with Crippen molar-refractivity contribution in [3.8, 4) is 5.75 Å². The molecule has 2 heterocycles. The Morgan fingerprint density at radius 1 is 1.40 bits per heavy atom. The van der Waals surface area contributed by atoms with Crippen LogP contribution in [0.3, 0.4) is 0 Å². The van der Waals surface area contributed by atoms with Crippen LogP contribution in [0.2, 0.25) is 0 Å². The number of para-hydroxylation sites is 1. The van der Waals surface area contributed by atoms with Gasteiger partial charge >= 0.3 is 0 Å². The zero-order chi connectivity index (χ0) is 13.9. The molecule has 4 nitrogen and oxygen atoms in total. The molecule has 0 saturated carbocycles. The lowest BCUT2D eigenvalue weighted by atomic mass is 10.2. The first-order valence-electron chi connectivity index (χ1n) is 5.95. The first-order valence-corrected chi connectivity index (χ1v) is 7.92. The third kappa shape index (κ3) is 2.91. The minimum absolute atomic E-state index is 0.364. The van der Waals surface area contributed by atoms with E-state index in [1.54, 1.807) is 11.8 Å². The van der Waals surface area contributed by atoms with Gasteiger partial charge in [0.05, 0.1) is 11.4 Å². The summed E-state index contributed by atoms with van der Waals surface area (Å²) in [5.41, 5.74) is 1.81. The molecule has 0 bridgehead atoms. The Morgan fingerprint density at radius 2 is 2.25 bits per heavy atom. The van der Waals surface area contributed by atoms with E-state index in [1.807, 2.05) is 18.2 Å². The summed E-state index contributed by atoms with van der Waals surface area (Å²) in [6.07, 6.45) is 1.07. The lowest BCUT2D eigenvalue weighted by Gasteiger charge is -2.13. The van der Waals surface area contributed by atoms with Gasteiger partial charge in [0.15, 0.2) is 5.75 Å². The SMILES string of the molecule is O=c1cc(CSC2=Nc3ccccc3CS2)occ1O. The number of fused-ring (bicyclic) bond motifs is 1. The fraction of sp³-hybridized carbons (Fsp3) is 0.143. The van der Waals surface area contributed by atoms with E-state index < -0.39 is 5.43 Å². The fourth-order valence-electron chi connectivity index (χ4n) is 1.74. The van der Waals surface area contributed by atoms with Crippen molar-refractivity contribution in [3.63, 3.8) is 0 Å². The highest BCUT2D eigenvalue weighted by Gasteiger charge is 2.13. The summed E-state index contributed by atoms with van der Waals surface area (Å²) in [5.74, 6) is 1.59. The summed E-state index contributed by atoms with van der Waals surface area (Å²) in [5, 5.41) is 9.13. The quantitative estimate of drug-likeness (QED) is 0.920. The number of aliphatic imine (C=N–C) groups is 1. The van der Waals surface area contributed by atoms with Gasteiger partial charge in [0, 0.05) is 11.8 Å². The molecule has 0 fully saturated rings. The van der Waals surface area contributed by atoms with Crippen LogP contribution in [0.1, 0.15) is 11.3 Å². The molecular weight excluding hydrogens is 294 g/mol. The summed E-state index contributed by atoms with van der Waals surface area (Å²) < 4.78 is 6.12. The van der Waals surface area contributed by atoms with E-state index in [2.05, 4.69) is 11.1 Å². The molecule has 0 radical (unpaired) electrons. The van der Waals surface area contributed by atoms with Gasteiger partial charge in [-0.05, 0) is 11.6 Å². The Morgan fingerprint density at radius 3 is 3.10 bits per heavy atom. The summed E-state index contributed by atoms with van der Waals surface area (Å²) >= 11 is 3.20. The molecule has 1 aromatic carbocycles. The van der Waals surface area contributed by atoms with Crippen molar-refractivity contribution >= 4 is 33.6 Å². The minimum Gasteiger partial charge on any atom is -0.502 e. The molecule has 20 heavy (non-hydrogen) atoms. The van der Waals surface area contributed by atoms with E-state index >= 15 is 0 Å². The first kappa shape index (κ1) is 13.3. The van der Waals surface area contributed by atoms with Gasteiger partial charge in [-0.3, -0.25) is 4.79 Å². The molecule has 0 saturated heterocycles. The van der Waals surface area contributed by atoms with E-state index in [0.717, 1.165) is 22.1 Å². The monoisotopic (exact) mass is 305 g/mol. The predicted octanol–water partition coefficient (Wildman–Crippen LogP) is 3.51. The lowest BCUT2D eigenvalue weighted by Crippen LogP contribution is -2.00. The van der Waals surface area contributed by atoms with Gasteiger partial charge in [-0.25, -0.2) is 4.99 Å². The second-order valence-corrected chi connectivity index (χ2v) is 6.37. The van der Waals surface area contributed by atoms with E-state index in [9.17, 15) is 4.79 Å². The second-order valence-electron chi connectivity index (χ2n) is 4.18. The zero-order valence-corrected chi connectivity index (χ0v) is 12.0. The van der Waals surface area contributed by atoms with Crippen molar-refractivity contribution in [1.82, 2.24) is 0 Å². The molecule has 1 N–H and O–H groups in total. The van der Waals surface area contributed by atoms with Gasteiger partial charge in [0.25, 0.3) is 0 Å². The van der Waals surface area contributed by atoms with Gasteiger partial charge in [-0.1, -0.05) is 41.7 Å². The third-order valence-electron chi connectivity index (χ3n) is 2.76. The summed E-state index contributed by atoms with van der Waals surface area (Å²) in [6, 6.07) is 9.37. The van der Waals surface area contributed by atoms with Crippen LogP contribution in [0.25, 0.3) is 0 Å². The van der Waals surface area contributed by atoms with Crippen LogP contribution >= 0.6 is 23.5 Å². The van der Waals surface area contributed by atoms with Crippen LogP contribution in [0.15, 0.2) is 50.8 Å². The molecular formula is C14H11NO3S2. The molecule has 0 amide bonds. The van der Waals surface area contributed by atoms with Crippen LogP contribution in [-0.4, -0.2) is 9.48 Å². The highest BCUT2D eigenvalue weighted by Crippen LogP contribution is 2.35. The van der Waals surface area contributed by atoms with Crippen LogP contribution in [-0.2, 0) is 11.5 Å². The van der Waals surface area contributed by atoms with Crippen molar-refractivity contribution in [3.05, 3.63) is 58.1 Å². The maximum Gasteiger partial charge on any atom is 0.226 e. The average Bonchev–Trinajstić information content (AvgIpc) is 2.48. The fourth-order valence-corrected chi connectivity index (χ4v) is 3.69. The molecule has 1 aliphatic rings. The number of nitrogens with zero attached hydrogens (tertiary/aromatic N) is 1. The summed E-state index contributed by atoms with van der Waals surface area (Å²) in [7, 11) is 0. The predicted molar refractivity (Wildman–Crippen MR) is 82.8 cm³/mol. The molecule has 0 unspecified atom stereocenters. The number of rotatable bonds is 2. The maximum absolute atomic E-state index is 11.3. The molecule has 0 spiro atoms. The highest BCUT2D eigenvalue weighted by atomic mass is 32.2. The average molecular weight is 305 g/mol. The lowest BCUT2D eigenvalue weighted by molar-refractivity contribution is 0.419. The van der Waals surface area contributed by atoms with Crippen LogP contribution in [0.4, 0.5) is 5.69 Å². The third-order valence-corrected chi connectivity index (χ3v) is 5.03. The zero-order valence-electron chi connectivity index (χ0n) is 10.4. The Balaban J connectivity index is 1.72. The van der Waals surface area contributed by atoms with Gasteiger partial charge in [-0.2, -0.15) is 0 Å². The number of thioether (sulfide) groups is 2. The Bertz CT molecular complexity index is 724. The Hall–Kier alpha value is -1.66. The van der Waals surface area contributed by atoms with Gasteiger partial charge in [-0.15, -0.1) is 0 Å². The molecule has 1 aliphatic heterocycles.